The van der Waals surface area contributed by atoms with Crippen molar-refractivity contribution in [3.8, 4) is 12.3 Å². The number of H-pyrrole nitrogens is 1. The number of fused-ring (bicyclic) bond motifs is 1. The average Bonchev–Trinajstić information content (AvgIpc) is 2.98. The highest BCUT2D eigenvalue weighted by Gasteiger charge is 2.17. The Bertz CT molecular complexity index is 925. The molecule has 0 radical (unpaired) electrons. The van der Waals surface area contributed by atoms with Crippen LogP contribution in [-0.2, 0) is 6.54 Å². The molecule has 0 saturated heterocycles. The molecule has 3 aromatic rings. The predicted octanol–water partition coefficient (Wildman–Crippen LogP) is 4.24. The number of benzene rings is 2. The smallest absolute Gasteiger partial charge is 0.271 e. The second kappa shape index (κ2) is 6.77. The minimum atomic E-state index is -0.318. The first-order valence-electron chi connectivity index (χ1n) is 7.32. The monoisotopic (exact) mass is 340 g/mol. The van der Waals surface area contributed by atoms with Crippen LogP contribution in [0.4, 0.5) is 4.39 Å². The van der Waals surface area contributed by atoms with Gasteiger partial charge in [-0.25, -0.2) is 4.39 Å². The van der Waals surface area contributed by atoms with Crippen molar-refractivity contribution in [3.05, 3.63) is 70.6 Å². The summed E-state index contributed by atoms with van der Waals surface area (Å²) in [4.78, 5) is 17.3. The van der Waals surface area contributed by atoms with Gasteiger partial charge < -0.3 is 9.88 Å². The fraction of sp³-hybridized carbons (Fsp3) is 0.105. The molecule has 1 N–H and O–H groups in total. The number of aromatic amines is 1. The zero-order valence-electron chi connectivity index (χ0n) is 12.7. The van der Waals surface area contributed by atoms with Gasteiger partial charge >= 0.3 is 0 Å². The molecule has 0 bridgehead atoms. The summed E-state index contributed by atoms with van der Waals surface area (Å²) in [5, 5.41) is 1.49. The predicted molar refractivity (Wildman–Crippen MR) is 93.3 cm³/mol. The van der Waals surface area contributed by atoms with Gasteiger partial charge in [0, 0.05) is 22.5 Å². The average molecular weight is 341 g/mol. The number of amides is 1. The van der Waals surface area contributed by atoms with Crippen LogP contribution in [0.15, 0.2) is 48.5 Å². The van der Waals surface area contributed by atoms with Crippen molar-refractivity contribution in [1.82, 2.24) is 9.88 Å². The van der Waals surface area contributed by atoms with Crippen molar-refractivity contribution in [2.75, 3.05) is 6.54 Å². The molecule has 1 aromatic heterocycles. The molecule has 0 aliphatic rings. The minimum absolute atomic E-state index is 0.159. The summed E-state index contributed by atoms with van der Waals surface area (Å²) in [6.45, 7) is 0.464. The highest BCUT2D eigenvalue weighted by Crippen LogP contribution is 2.21. The lowest BCUT2D eigenvalue weighted by molar-refractivity contribution is 0.0761. The highest BCUT2D eigenvalue weighted by molar-refractivity contribution is 6.31. The molecule has 0 saturated carbocycles. The van der Waals surface area contributed by atoms with Gasteiger partial charge in [0.1, 0.15) is 11.5 Å². The summed E-state index contributed by atoms with van der Waals surface area (Å²) in [7, 11) is 0. The molecule has 1 heterocycles. The van der Waals surface area contributed by atoms with Crippen LogP contribution in [0, 0.1) is 18.2 Å². The van der Waals surface area contributed by atoms with Crippen LogP contribution in [0.2, 0.25) is 5.02 Å². The SMILES string of the molecule is C#CCN(Cc1ccc(F)cc1)C(=O)c1cc2ccc(Cl)cc2[nH]1. The molecule has 24 heavy (non-hydrogen) atoms. The molecule has 1 amide bonds. The number of carbonyl (C=O) groups excluding carboxylic acids is 1. The number of nitrogens with zero attached hydrogens (tertiary/aromatic N) is 1. The Morgan fingerprint density at radius 3 is 2.67 bits per heavy atom. The summed E-state index contributed by atoms with van der Waals surface area (Å²) in [6, 6.07) is 13.1. The molecule has 3 nitrogen and oxygen atoms in total. The van der Waals surface area contributed by atoms with E-state index in [2.05, 4.69) is 10.9 Å². The topological polar surface area (TPSA) is 36.1 Å². The molecule has 0 unspecified atom stereocenters. The fourth-order valence-corrected chi connectivity index (χ4v) is 2.68. The lowest BCUT2D eigenvalue weighted by Crippen LogP contribution is -2.31. The van der Waals surface area contributed by atoms with Crippen LogP contribution in [0.1, 0.15) is 16.1 Å². The normalized spacial score (nSPS) is 10.5. The number of carbonyl (C=O) groups is 1. The van der Waals surface area contributed by atoms with Crippen LogP contribution in [0.25, 0.3) is 10.9 Å². The Labute approximate surface area is 144 Å². The van der Waals surface area contributed by atoms with E-state index in [1.54, 1.807) is 30.3 Å². The third kappa shape index (κ3) is 3.42. The maximum absolute atomic E-state index is 13.0. The molecule has 2 aromatic carbocycles. The van der Waals surface area contributed by atoms with Gasteiger partial charge in [-0.3, -0.25) is 4.79 Å². The molecular formula is C19H14ClFN2O. The summed E-state index contributed by atoms with van der Waals surface area (Å²) in [5.41, 5.74) is 2.03. The quantitative estimate of drug-likeness (QED) is 0.709. The molecule has 0 aliphatic heterocycles. The number of rotatable bonds is 4. The second-order valence-electron chi connectivity index (χ2n) is 5.41. The zero-order valence-corrected chi connectivity index (χ0v) is 13.5. The van der Waals surface area contributed by atoms with Gasteiger partial charge in [-0.2, -0.15) is 0 Å². The number of halogens is 2. The van der Waals surface area contributed by atoms with E-state index < -0.39 is 0 Å². The number of hydrogen-bond donors (Lipinski definition) is 1. The Morgan fingerprint density at radius 1 is 1.21 bits per heavy atom. The fourth-order valence-electron chi connectivity index (χ4n) is 2.50. The lowest BCUT2D eigenvalue weighted by atomic mass is 10.2. The maximum atomic E-state index is 13.0. The van der Waals surface area contributed by atoms with Crippen LogP contribution in [0.3, 0.4) is 0 Å². The Kier molecular flexibility index (Phi) is 4.54. The summed E-state index contributed by atoms with van der Waals surface area (Å²) < 4.78 is 13.0. The van der Waals surface area contributed by atoms with E-state index >= 15 is 0 Å². The maximum Gasteiger partial charge on any atom is 0.271 e. The number of aromatic nitrogens is 1. The molecule has 0 fully saturated rings. The Hall–Kier alpha value is -2.77. The van der Waals surface area contributed by atoms with Gasteiger partial charge in [0.05, 0.1) is 6.54 Å². The van der Waals surface area contributed by atoms with Crippen molar-refractivity contribution in [3.63, 3.8) is 0 Å². The number of terminal acetylenes is 1. The largest absolute Gasteiger partial charge is 0.350 e. The van der Waals surface area contributed by atoms with E-state index in [1.807, 2.05) is 6.07 Å². The van der Waals surface area contributed by atoms with Crippen molar-refractivity contribution < 1.29 is 9.18 Å². The number of nitrogens with one attached hydrogen (secondary N) is 1. The Morgan fingerprint density at radius 2 is 1.96 bits per heavy atom. The third-order valence-electron chi connectivity index (χ3n) is 3.67. The van der Waals surface area contributed by atoms with E-state index in [9.17, 15) is 9.18 Å². The first kappa shape index (κ1) is 16.1. The van der Waals surface area contributed by atoms with Crippen molar-refractivity contribution in [2.45, 2.75) is 6.54 Å². The molecule has 0 atom stereocenters. The standard InChI is InChI=1S/C19H14ClFN2O/c1-2-9-23(12-13-3-7-16(21)8-4-13)19(24)18-10-14-5-6-15(20)11-17(14)22-18/h1,3-8,10-11,22H,9,12H2. The minimum Gasteiger partial charge on any atom is -0.350 e. The van der Waals surface area contributed by atoms with Crippen molar-refractivity contribution in [1.29, 1.82) is 0 Å². The van der Waals surface area contributed by atoms with Crippen LogP contribution >= 0.6 is 11.6 Å². The first-order valence-corrected chi connectivity index (χ1v) is 7.70. The molecule has 120 valence electrons. The van der Waals surface area contributed by atoms with Gasteiger partial charge in [-0.05, 0) is 35.9 Å². The molecule has 0 aliphatic carbocycles. The summed E-state index contributed by atoms with van der Waals surface area (Å²) in [6.07, 6.45) is 5.39. The molecule has 0 spiro atoms. The van der Waals surface area contributed by atoms with Crippen LogP contribution in [-0.4, -0.2) is 22.3 Å². The second-order valence-corrected chi connectivity index (χ2v) is 5.84. The van der Waals surface area contributed by atoms with Gasteiger partial charge in [0.25, 0.3) is 5.91 Å². The molecule has 3 rings (SSSR count). The van der Waals surface area contributed by atoms with Crippen LogP contribution < -0.4 is 0 Å². The highest BCUT2D eigenvalue weighted by atomic mass is 35.5. The first-order chi connectivity index (χ1) is 11.6. The van der Waals surface area contributed by atoms with E-state index in [1.165, 1.54) is 17.0 Å². The number of hydrogen-bond acceptors (Lipinski definition) is 1. The van der Waals surface area contributed by atoms with Gasteiger partial charge in [-0.15, -0.1) is 6.42 Å². The van der Waals surface area contributed by atoms with Crippen molar-refractivity contribution in [2.24, 2.45) is 0 Å². The molecule has 5 heteroatoms. The Balaban J connectivity index is 1.87. The lowest BCUT2D eigenvalue weighted by Gasteiger charge is -2.19. The van der Waals surface area contributed by atoms with E-state index in [0.29, 0.717) is 17.3 Å². The van der Waals surface area contributed by atoms with Crippen LogP contribution in [0.5, 0.6) is 0 Å². The summed E-state index contributed by atoms with van der Waals surface area (Å²) in [5.74, 6) is 1.95. The van der Waals surface area contributed by atoms with E-state index in [0.717, 1.165) is 16.5 Å². The third-order valence-corrected chi connectivity index (χ3v) is 3.91. The van der Waals surface area contributed by atoms with Gasteiger partial charge in [-0.1, -0.05) is 35.7 Å². The van der Waals surface area contributed by atoms with E-state index in [4.69, 9.17) is 18.0 Å². The van der Waals surface area contributed by atoms with Gasteiger partial charge in [0.2, 0.25) is 0 Å². The van der Waals surface area contributed by atoms with E-state index in [-0.39, 0.29) is 18.3 Å². The molecular weight excluding hydrogens is 327 g/mol. The van der Waals surface area contributed by atoms with Crippen molar-refractivity contribution >= 4 is 28.4 Å². The zero-order chi connectivity index (χ0) is 17.1. The summed E-state index contributed by atoms with van der Waals surface area (Å²) >= 11 is 5.97. The van der Waals surface area contributed by atoms with Gasteiger partial charge in [0.15, 0.2) is 0 Å².